The van der Waals surface area contributed by atoms with Gasteiger partial charge in [-0.25, -0.2) is 0 Å². The van der Waals surface area contributed by atoms with Gasteiger partial charge in [0, 0.05) is 43.4 Å². The minimum Gasteiger partial charge on any atom is -0.486 e. The van der Waals surface area contributed by atoms with Crippen LogP contribution in [-0.2, 0) is 20.1 Å². The number of rotatable bonds is 5. The fourth-order valence-electron chi connectivity index (χ4n) is 4.93. The zero-order chi connectivity index (χ0) is 34.3. The third-order valence-corrected chi connectivity index (χ3v) is 9.33. The fourth-order valence-corrected chi connectivity index (χ4v) is 6.51. The Morgan fingerprint density at radius 2 is 1.73 bits per heavy atom. The van der Waals surface area contributed by atoms with Gasteiger partial charge in [0.25, 0.3) is 0 Å². The molecule has 6 aromatic rings. The number of halogens is 1. The molecule has 44 heavy (non-hydrogen) atoms. The van der Waals surface area contributed by atoms with Gasteiger partial charge in [0.2, 0.25) is 11.7 Å². The molecule has 4 aromatic heterocycles. The first kappa shape index (κ1) is 28.0. The first-order chi connectivity index (χ1) is 21.9. The van der Waals surface area contributed by atoms with Gasteiger partial charge in [-0.15, -0.1) is 53.6 Å². The van der Waals surface area contributed by atoms with E-state index in [4.69, 9.17) is 9.90 Å². The summed E-state index contributed by atoms with van der Waals surface area (Å²) in [6.07, 6.45) is 3.68. The van der Waals surface area contributed by atoms with Gasteiger partial charge >= 0.3 is 0 Å². The number of fused-ring (bicyclic) bond motifs is 3. The molecule has 4 nitrogen and oxygen atoms in total. The van der Waals surface area contributed by atoms with Crippen LogP contribution in [0.5, 0.6) is 0 Å². The predicted molar refractivity (Wildman–Crippen MR) is 178 cm³/mol. The zero-order valence-corrected chi connectivity index (χ0v) is 29.4. The summed E-state index contributed by atoms with van der Waals surface area (Å²) in [5, 5.41) is 2.86. The van der Waals surface area contributed by atoms with E-state index < -0.39 is 26.8 Å². The normalized spacial score (nSPS) is 13.4. The predicted octanol–water partition coefficient (Wildman–Crippen LogP) is 9.63. The molecule has 0 spiro atoms. The minimum atomic E-state index is -2.13. The Kier molecular flexibility index (Phi) is 8.68. The van der Waals surface area contributed by atoms with Gasteiger partial charge in [-0.2, -0.15) is 9.37 Å². The van der Waals surface area contributed by atoms with Gasteiger partial charge in [0.15, 0.2) is 0 Å². The van der Waals surface area contributed by atoms with Crippen molar-refractivity contribution in [3.8, 4) is 22.5 Å². The van der Waals surface area contributed by atoms with Crippen LogP contribution in [0.1, 0.15) is 61.7 Å². The Bertz CT molecular complexity index is 2050. The van der Waals surface area contributed by atoms with E-state index in [2.05, 4.69) is 60.6 Å². The summed E-state index contributed by atoms with van der Waals surface area (Å²) in [6, 6.07) is 23.8. The fraction of sp³-hybridized carbons (Fsp3) is 0.270. The van der Waals surface area contributed by atoms with Gasteiger partial charge in [-0.3, -0.25) is 0 Å². The van der Waals surface area contributed by atoms with E-state index in [-0.39, 0.29) is 25.7 Å². The molecule has 6 rings (SSSR count). The molecule has 0 aliphatic carbocycles. The summed E-state index contributed by atoms with van der Waals surface area (Å²) >= 11 is 0. The number of pyridine rings is 3. The second-order valence-corrected chi connectivity index (χ2v) is 17.2. The van der Waals surface area contributed by atoms with Crippen molar-refractivity contribution in [2.24, 2.45) is 0 Å². The summed E-state index contributed by atoms with van der Waals surface area (Å²) in [7, 11) is -1.61. The molecule has 0 aliphatic heterocycles. The Labute approximate surface area is 280 Å². The van der Waals surface area contributed by atoms with E-state index in [0.717, 1.165) is 38.9 Å². The first-order valence-electron chi connectivity index (χ1n) is 16.3. The standard InChI is InChI=1S/C19H14FN2O.C18H24NSi.Ir/c1-11(2)12-8-9-21-16(10-12)15-5-3-4-13-14-6-7-17(20)22-19(14)23-18(13)15;1-13(2)16-11-17(15-9-7-14(3)8-10-15)19-12-18(16)20(4,5)6;/h3-4,6-11H,1-2H3;7-9,11-13H,1-6H3;/q2*-1;/i;3D3,13D;. The summed E-state index contributed by atoms with van der Waals surface area (Å²) in [5.74, 6) is -0.865. The quantitative estimate of drug-likeness (QED) is 0.0994. The van der Waals surface area contributed by atoms with Crippen molar-refractivity contribution in [1.29, 1.82) is 0 Å². The molecular formula is C37H38FIrN3OSi-2. The van der Waals surface area contributed by atoms with E-state index in [9.17, 15) is 4.39 Å². The molecule has 0 unspecified atom stereocenters. The molecule has 0 saturated heterocycles. The van der Waals surface area contributed by atoms with E-state index in [1.165, 1.54) is 22.9 Å². The van der Waals surface area contributed by atoms with E-state index in [1.807, 2.05) is 50.4 Å². The average molecular weight is 784 g/mol. The molecule has 229 valence electrons. The van der Waals surface area contributed by atoms with Crippen molar-refractivity contribution in [3.63, 3.8) is 0 Å². The molecule has 7 heteroatoms. The largest absolute Gasteiger partial charge is 0.486 e. The number of hydrogen-bond donors (Lipinski definition) is 0. The molecule has 1 radical (unpaired) electrons. The van der Waals surface area contributed by atoms with Crippen LogP contribution in [-0.4, -0.2) is 23.0 Å². The van der Waals surface area contributed by atoms with Crippen LogP contribution in [0.4, 0.5) is 4.39 Å². The number of aryl methyl sites for hydroxylation is 1. The molecule has 0 saturated carbocycles. The van der Waals surface area contributed by atoms with E-state index in [1.54, 1.807) is 24.4 Å². The third-order valence-electron chi connectivity index (χ3n) is 7.31. The second kappa shape index (κ2) is 13.6. The molecular weight excluding hydrogens is 742 g/mol. The molecule has 0 fully saturated rings. The van der Waals surface area contributed by atoms with Gasteiger partial charge in [-0.1, -0.05) is 88.4 Å². The SMILES string of the molecule is CC(C)c1ccnc(-c2[c-]ccc3c2oc2nc(F)ccc23)c1.[2H]C([2H])([2H])c1c[c-]c(-c2cc(C([2H])(C)C)c([Si](C)(C)C)cn2)cc1.[Ir]. The van der Waals surface area contributed by atoms with Crippen molar-refractivity contribution >= 4 is 35.3 Å². The van der Waals surface area contributed by atoms with Gasteiger partial charge < -0.3 is 14.4 Å². The maximum absolute atomic E-state index is 13.3. The van der Waals surface area contributed by atoms with E-state index in [0.29, 0.717) is 17.2 Å². The number of benzene rings is 2. The molecule has 4 heterocycles. The molecule has 0 bridgehead atoms. The Morgan fingerprint density at radius 1 is 0.932 bits per heavy atom. The van der Waals surface area contributed by atoms with Gasteiger partial charge in [-0.05, 0) is 46.6 Å². The summed E-state index contributed by atoms with van der Waals surface area (Å²) < 4.78 is 49.9. The number of aromatic nitrogens is 3. The van der Waals surface area contributed by atoms with Crippen molar-refractivity contribution in [2.75, 3.05) is 0 Å². The Balaban J connectivity index is 0.000000212. The van der Waals surface area contributed by atoms with Crippen LogP contribution in [0.2, 0.25) is 19.6 Å². The van der Waals surface area contributed by atoms with Crippen molar-refractivity contribution in [2.45, 2.75) is 66.0 Å². The first-order valence-corrected chi connectivity index (χ1v) is 17.8. The van der Waals surface area contributed by atoms with E-state index >= 15 is 0 Å². The minimum absolute atomic E-state index is 0. The van der Waals surface area contributed by atoms with Crippen LogP contribution < -0.4 is 5.19 Å². The van der Waals surface area contributed by atoms with Gasteiger partial charge in [0.05, 0.1) is 13.7 Å². The number of nitrogens with zero attached hydrogens (tertiary/aromatic N) is 3. The molecule has 0 N–H and O–H groups in total. The van der Waals surface area contributed by atoms with Crippen molar-refractivity contribution in [1.82, 2.24) is 15.0 Å². The Hall–Kier alpha value is -3.51. The average Bonchev–Trinajstić information content (AvgIpc) is 3.37. The van der Waals surface area contributed by atoms with Crippen molar-refractivity contribution in [3.05, 3.63) is 108 Å². The molecule has 2 aromatic carbocycles. The summed E-state index contributed by atoms with van der Waals surface area (Å²) in [6.45, 7) is 12.7. The summed E-state index contributed by atoms with van der Waals surface area (Å²) in [4.78, 5) is 12.8. The topological polar surface area (TPSA) is 51.8 Å². The second-order valence-electron chi connectivity index (χ2n) is 12.2. The molecule has 0 aliphatic rings. The smallest absolute Gasteiger partial charge is 0.218 e. The summed E-state index contributed by atoms with van der Waals surface area (Å²) in [5.41, 5.74) is 6.41. The van der Waals surface area contributed by atoms with Crippen LogP contribution in [0.25, 0.3) is 44.6 Å². The maximum atomic E-state index is 13.3. The van der Waals surface area contributed by atoms with Crippen LogP contribution >= 0.6 is 0 Å². The molecule has 0 amide bonds. The molecule has 0 atom stereocenters. The van der Waals surface area contributed by atoms with Gasteiger partial charge in [0.1, 0.15) is 0 Å². The van der Waals surface area contributed by atoms with Crippen molar-refractivity contribution < 1.29 is 34.4 Å². The maximum Gasteiger partial charge on any atom is 0.218 e. The van der Waals surface area contributed by atoms with Crippen LogP contribution in [0.3, 0.4) is 0 Å². The third kappa shape index (κ3) is 7.23. The zero-order valence-electron chi connectivity index (χ0n) is 30.0. The number of hydrogen-bond acceptors (Lipinski definition) is 4. The number of furan rings is 1. The monoisotopic (exact) mass is 784 g/mol. The Morgan fingerprint density at radius 3 is 2.39 bits per heavy atom. The van der Waals surface area contributed by atoms with Crippen LogP contribution in [0.15, 0.2) is 77.5 Å². The van der Waals surface area contributed by atoms with Crippen LogP contribution in [0, 0.1) is 24.9 Å².